The maximum atomic E-state index is 11.4. The molecule has 3 saturated carbocycles. The fourth-order valence-corrected chi connectivity index (χ4v) is 7.12. The molecule has 4 aliphatic carbocycles. The number of allylic oxidation sites excluding steroid dienone is 4. The fraction of sp³-hybridized carbons (Fsp3) is 0.714. The molecule has 0 unspecified atom stereocenters. The van der Waals surface area contributed by atoms with Gasteiger partial charge in [0.1, 0.15) is 17.0 Å². The third kappa shape index (κ3) is 2.33. The Kier molecular flexibility index (Phi) is 4.48. The second-order valence-corrected chi connectivity index (χ2v) is 9.44. The summed E-state index contributed by atoms with van der Waals surface area (Å²) in [4.78, 5) is 0. The highest BCUT2D eigenvalue weighted by Gasteiger charge is 2.67. The van der Waals surface area contributed by atoms with Gasteiger partial charge in [-0.05, 0) is 56.1 Å². The predicted octanol–water partition coefficient (Wildman–Crippen LogP) is 2.08. The average molecular weight is 390 g/mol. The van der Waals surface area contributed by atoms with E-state index in [0.29, 0.717) is 18.6 Å². The second-order valence-electron chi connectivity index (χ2n) is 9.44. The first-order chi connectivity index (χ1) is 13.2. The van der Waals surface area contributed by atoms with Crippen molar-refractivity contribution in [3.8, 4) is 0 Å². The Bertz CT molecular complexity index is 790. The molecule has 0 aromatic heterocycles. The summed E-state index contributed by atoms with van der Waals surface area (Å²) in [6, 6.07) is 0. The van der Waals surface area contributed by atoms with E-state index in [4.69, 9.17) is 5.21 Å². The van der Waals surface area contributed by atoms with Gasteiger partial charge in [0.15, 0.2) is 0 Å². The summed E-state index contributed by atoms with van der Waals surface area (Å²) in [6.45, 7) is 3.60. The minimum Gasteiger partial charge on any atom is -0.411 e. The Morgan fingerprint density at radius 3 is 2.64 bits per heavy atom. The molecule has 7 nitrogen and oxygen atoms in total. The molecule has 7 atom stereocenters. The smallest absolute Gasteiger partial charge is 0.114 e. The van der Waals surface area contributed by atoms with Gasteiger partial charge in [0.2, 0.25) is 0 Å². The standard InChI is InChI=1S/C21H30N2O5/c1-19-7-5-13(22-27)9-12(19)3-4-14-15-6-8-21(26,17(11-24)23-28)20(15,2)10-16(25)18(14)19/h5,7,9,14-16,18,24-28H,3-4,6,8,10-11H2,1-2H3/b22-13+,23-17+/t14-,15-,16-,18+,19-,20-,21-/m0/s1. The Morgan fingerprint density at radius 2 is 2.00 bits per heavy atom. The SMILES string of the molecule is C[C@]12C=C/C(=N\O)C=C1CC[C@@H]1[C@@H]2[C@@H](O)C[C@@]2(C)[C@H]1CC[C@]2(O)/C(CO)=N/O. The van der Waals surface area contributed by atoms with Crippen molar-refractivity contribution in [1.29, 1.82) is 0 Å². The maximum absolute atomic E-state index is 11.4. The topological polar surface area (TPSA) is 126 Å². The summed E-state index contributed by atoms with van der Waals surface area (Å²) >= 11 is 0. The summed E-state index contributed by atoms with van der Waals surface area (Å²) in [5.74, 6) is 0.378. The number of hydrogen-bond donors (Lipinski definition) is 5. The van der Waals surface area contributed by atoms with Crippen LogP contribution in [-0.2, 0) is 0 Å². The van der Waals surface area contributed by atoms with Crippen LogP contribution in [-0.4, -0.2) is 55.5 Å². The van der Waals surface area contributed by atoms with E-state index in [1.807, 2.05) is 13.0 Å². The molecule has 4 aliphatic rings. The fourth-order valence-electron chi connectivity index (χ4n) is 7.12. The van der Waals surface area contributed by atoms with Crippen LogP contribution in [0, 0.1) is 28.6 Å². The number of aliphatic hydroxyl groups excluding tert-OH is 2. The average Bonchev–Trinajstić information content (AvgIpc) is 2.93. The highest BCUT2D eigenvalue weighted by Crippen LogP contribution is 2.67. The Labute approximate surface area is 164 Å². The molecule has 0 radical (unpaired) electrons. The quantitative estimate of drug-likeness (QED) is 0.280. The van der Waals surface area contributed by atoms with Gasteiger partial charge < -0.3 is 25.7 Å². The lowest BCUT2D eigenvalue weighted by atomic mass is 9.46. The molecule has 0 saturated heterocycles. The maximum Gasteiger partial charge on any atom is 0.114 e. The zero-order chi connectivity index (χ0) is 20.3. The van der Waals surface area contributed by atoms with E-state index in [-0.39, 0.29) is 28.9 Å². The molecular weight excluding hydrogens is 360 g/mol. The van der Waals surface area contributed by atoms with Crippen molar-refractivity contribution in [2.75, 3.05) is 6.61 Å². The summed E-state index contributed by atoms with van der Waals surface area (Å²) in [6.07, 6.45) is 8.44. The van der Waals surface area contributed by atoms with Crippen LogP contribution in [0.5, 0.6) is 0 Å². The number of aliphatic hydroxyl groups is 3. The number of rotatable bonds is 2. The van der Waals surface area contributed by atoms with Gasteiger partial charge in [0.25, 0.3) is 0 Å². The van der Waals surface area contributed by atoms with Crippen LogP contribution in [0.25, 0.3) is 0 Å². The van der Waals surface area contributed by atoms with Crippen molar-refractivity contribution in [2.24, 2.45) is 38.9 Å². The van der Waals surface area contributed by atoms with Crippen LogP contribution in [0.3, 0.4) is 0 Å². The molecule has 154 valence electrons. The van der Waals surface area contributed by atoms with Crippen molar-refractivity contribution >= 4 is 11.4 Å². The highest BCUT2D eigenvalue weighted by molar-refractivity contribution is 6.05. The van der Waals surface area contributed by atoms with Crippen molar-refractivity contribution in [3.63, 3.8) is 0 Å². The van der Waals surface area contributed by atoms with E-state index in [9.17, 15) is 20.5 Å². The molecule has 0 heterocycles. The molecule has 0 aromatic rings. The Balaban J connectivity index is 1.74. The van der Waals surface area contributed by atoms with Gasteiger partial charge in [-0.1, -0.05) is 35.8 Å². The first-order valence-corrected chi connectivity index (χ1v) is 10.1. The normalized spacial score (nSPS) is 49.4. The molecule has 0 aromatic carbocycles. The van der Waals surface area contributed by atoms with E-state index in [1.54, 1.807) is 6.08 Å². The Morgan fingerprint density at radius 1 is 1.25 bits per heavy atom. The monoisotopic (exact) mass is 390 g/mol. The summed E-state index contributed by atoms with van der Waals surface area (Å²) in [5.41, 5.74) is -0.693. The lowest BCUT2D eigenvalue weighted by Crippen LogP contribution is -2.61. The molecule has 0 aliphatic heterocycles. The Hall–Kier alpha value is -1.70. The lowest BCUT2D eigenvalue weighted by Gasteiger charge is -2.59. The molecule has 0 amide bonds. The van der Waals surface area contributed by atoms with Gasteiger partial charge in [-0.2, -0.15) is 0 Å². The highest BCUT2D eigenvalue weighted by atomic mass is 16.4. The third-order valence-corrected chi connectivity index (χ3v) is 8.52. The van der Waals surface area contributed by atoms with E-state index in [2.05, 4.69) is 23.3 Å². The number of oxime groups is 2. The number of fused-ring (bicyclic) bond motifs is 5. The van der Waals surface area contributed by atoms with E-state index >= 15 is 0 Å². The second kappa shape index (κ2) is 6.40. The molecule has 7 heteroatoms. The van der Waals surface area contributed by atoms with Crippen LogP contribution in [0.15, 0.2) is 34.1 Å². The van der Waals surface area contributed by atoms with Crippen molar-refractivity contribution in [1.82, 2.24) is 0 Å². The van der Waals surface area contributed by atoms with Gasteiger partial charge in [-0.25, -0.2) is 0 Å². The van der Waals surface area contributed by atoms with E-state index < -0.39 is 23.7 Å². The van der Waals surface area contributed by atoms with Crippen molar-refractivity contribution < 1.29 is 25.7 Å². The minimum absolute atomic E-state index is 0.00730. The summed E-state index contributed by atoms with van der Waals surface area (Å²) in [5, 5.41) is 57.4. The van der Waals surface area contributed by atoms with Gasteiger partial charge in [0.05, 0.1) is 12.7 Å². The largest absolute Gasteiger partial charge is 0.411 e. The molecule has 5 N–H and O–H groups in total. The van der Waals surface area contributed by atoms with Crippen molar-refractivity contribution in [3.05, 3.63) is 23.8 Å². The molecule has 0 spiro atoms. The molecule has 3 fully saturated rings. The van der Waals surface area contributed by atoms with E-state index in [1.165, 1.54) is 5.57 Å². The van der Waals surface area contributed by atoms with Gasteiger partial charge in [-0.3, -0.25) is 0 Å². The molecular formula is C21H30N2O5. The zero-order valence-corrected chi connectivity index (χ0v) is 16.4. The first kappa shape index (κ1) is 19.6. The van der Waals surface area contributed by atoms with Gasteiger partial charge in [0, 0.05) is 16.7 Å². The van der Waals surface area contributed by atoms with Crippen LogP contribution in [0.2, 0.25) is 0 Å². The van der Waals surface area contributed by atoms with E-state index in [0.717, 1.165) is 19.3 Å². The number of hydrogen-bond acceptors (Lipinski definition) is 7. The third-order valence-electron chi connectivity index (χ3n) is 8.52. The van der Waals surface area contributed by atoms with Crippen molar-refractivity contribution in [2.45, 2.75) is 57.7 Å². The minimum atomic E-state index is -1.41. The van der Waals surface area contributed by atoms with Crippen LogP contribution in [0.1, 0.15) is 46.0 Å². The summed E-state index contributed by atoms with van der Waals surface area (Å²) < 4.78 is 0. The van der Waals surface area contributed by atoms with Gasteiger partial charge in [-0.15, -0.1) is 0 Å². The summed E-state index contributed by atoms with van der Waals surface area (Å²) in [7, 11) is 0. The van der Waals surface area contributed by atoms with Gasteiger partial charge >= 0.3 is 0 Å². The zero-order valence-electron chi connectivity index (χ0n) is 16.4. The molecule has 4 rings (SSSR count). The number of nitrogens with zero attached hydrogens (tertiary/aromatic N) is 2. The van der Waals surface area contributed by atoms with Crippen LogP contribution >= 0.6 is 0 Å². The molecule has 28 heavy (non-hydrogen) atoms. The predicted molar refractivity (Wildman–Crippen MR) is 103 cm³/mol. The van der Waals surface area contributed by atoms with Crippen LogP contribution < -0.4 is 0 Å². The lowest BCUT2D eigenvalue weighted by molar-refractivity contribution is -0.143. The van der Waals surface area contributed by atoms with Crippen LogP contribution in [0.4, 0.5) is 0 Å². The first-order valence-electron chi connectivity index (χ1n) is 10.1. The molecule has 0 bridgehead atoms.